The summed E-state index contributed by atoms with van der Waals surface area (Å²) < 4.78 is 56.2. The number of carbonyl (C=O) groups excluding carboxylic acids is 1. The van der Waals surface area contributed by atoms with E-state index in [4.69, 9.17) is 16.3 Å². The highest BCUT2D eigenvalue weighted by Crippen LogP contribution is 2.37. The Morgan fingerprint density at radius 3 is 2.74 bits per heavy atom. The van der Waals surface area contributed by atoms with Crippen LogP contribution in [0.4, 0.5) is 17.6 Å². The summed E-state index contributed by atoms with van der Waals surface area (Å²) >= 11 is 5.75. The first-order chi connectivity index (χ1) is 10.8. The Morgan fingerprint density at radius 1 is 1.35 bits per heavy atom. The molecule has 0 aliphatic heterocycles. The van der Waals surface area contributed by atoms with Crippen molar-refractivity contribution in [3.63, 3.8) is 0 Å². The molecule has 0 saturated heterocycles. The van der Waals surface area contributed by atoms with Crippen LogP contribution in [0, 0.1) is 11.7 Å². The minimum absolute atomic E-state index is 0.0209. The monoisotopic (exact) mass is 353 g/mol. The number of alkyl halides is 3. The molecule has 0 heterocycles. The van der Waals surface area contributed by atoms with E-state index in [0.717, 1.165) is 12.1 Å². The van der Waals surface area contributed by atoms with Crippen LogP contribution in [0.25, 0.3) is 0 Å². The molecule has 8 heteroatoms. The number of hydrogen-bond donors (Lipinski definition) is 1. The third-order valence-corrected chi connectivity index (χ3v) is 4.05. The maximum Gasteiger partial charge on any atom is 0.391 e. The molecule has 0 aromatic heterocycles. The summed E-state index contributed by atoms with van der Waals surface area (Å²) in [5.41, 5.74) is 0. The number of ether oxygens (including phenoxy) is 1. The average molecular weight is 354 g/mol. The van der Waals surface area contributed by atoms with Crippen molar-refractivity contribution in [3.05, 3.63) is 29.0 Å². The molecular weight excluding hydrogens is 338 g/mol. The van der Waals surface area contributed by atoms with E-state index in [0.29, 0.717) is 12.8 Å². The molecule has 1 aromatic rings. The summed E-state index contributed by atoms with van der Waals surface area (Å²) in [4.78, 5) is 11.8. The Balaban J connectivity index is 1.82. The molecule has 0 radical (unpaired) electrons. The van der Waals surface area contributed by atoms with Crippen molar-refractivity contribution in [2.45, 2.75) is 37.9 Å². The number of hydrogen-bond acceptors (Lipinski definition) is 2. The summed E-state index contributed by atoms with van der Waals surface area (Å²) in [7, 11) is 0. The molecule has 1 amide bonds. The van der Waals surface area contributed by atoms with Gasteiger partial charge >= 0.3 is 6.18 Å². The van der Waals surface area contributed by atoms with E-state index in [-0.39, 0.29) is 23.6 Å². The smallest absolute Gasteiger partial charge is 0.391 e. The number of benzene rings is 1. The van der Waals surface area contributed by atoms with E-state index >= 15 is 0 Å². The van der Waals surface area contributed by atoms with Gasteiger partial charge in [-0.15, -0.1) is 0 Å². The molecule has 1 aliphatic carbocycles. The number of amides is 1. The molecule has 23 heavy (non-hydrogen) atoms. The van der Waals surface area contributed by atoms with Crippen molar-refractivity contribution in [1.29, 1.82) is 0 Å². The van der Waals surface area contributed by atoms with Crippen LogP contribution >= 0.6 is 11.6 Å². The first kappa shape index (κ1) is 17.8. The van der Waals surface area contributed by atoms with Crippen LogP contribution < -0.4 is 10.1 Å². The minimum Gasteiger partial charge on any atom is -0.482 e. The van der Waals surface area contributed by atoms with Gasteiger partial charge in [0.05, 0.1) is 10.9 Å². The Bertz CT molecular complexity index is 565. The highest BCUT2D eigenvalue weighted by atomic mass is 35.5. The molecular formula is C15H16ClF4NO2. The van der Waals surface area contributed by atoms with Gasteiger partial charge in [0.1, 0.15) is 11.6 Å². The van der Waals surface area contributed by atoms with Gasteiger partial charge < -0.3 is 10.1 Å². The van der Waals surface area contributed by atoms with Crippen LogP contribution in [0.3, 0.4) is 0 Å². The van der Waals surface area contributed by atoms with Crippen LogP contribution in [0.2, 0.25) is 5.02 Å². The lowest BCUT2D eigenvalue weighted by Gasteiger charge is -2.31. The van der Waals surface area contributed by atoms with Crippen molar-refractivity contribution in [1.82, 2.24) is 5.32 Å². The first-order valence-electron chi connectivity index (χ1n) is 7.19. The van der Waals surface area contributed by atoms with E-state index in [1.807, 2.05) is 0 Å². The molecule has 0 spiro atoms. The Morgan fingerprint density at radius 2 is 2.09 bits per heavy atom. The van der Waals surface area contributed by atoms with Gasteiger partial charge in [0.2, 0.25) is 0 Å². The highest BCUT2D eigenvalue weighted by Gasteiger charge is 2.42. The van der Waals surface area contributed by atoms with Crippen LogP contribution in [0.15, 0.2) is 18.2 Å². The second-order valence-electron chi connectivity index (χ2n) is 5.53. The van der Waals surface area contributed by atoms with Crippen molar-refractivity contribution in [3.8, 4) is 5.75 Å². The lowest BCUT2D eigenvalue weighted by molar-refractivity contribution is -0.184. The van der Waals surface area contributed by atoms with E-state index in [2.05, 4.69) is 5.32 Å². The number of rotatable bonds is 4. The Labute approximate surface area is 136 Å². The van der Waals surface area contributed by atoms with E-state index in [1.54, 1.807) is 0 Å². The fourth-order valence-electron chi connectivity index (χ4n) is 2.62. The third-order valence-electron chi connectivity index (χ3n) is 3.75. The summed E-state index contributed by atoms with van der Waals surface area (Å²) in [5, 5.41) is 2.56. The summed E-state index contributed by atoms with van der Waals surface area (Å²) in [6, 6.07) is 2.94. The second-order valence-corrected chi connectivity index (χ2v) is 5.94. The zero-order valence-corrected chi connectivity index (χ0v) is 12.9. The van der Waals surface area contributed by atoms with Gasteiger partial charge in [0.15, 0.2) is 6.61 Å². The van der Waals surface area contributed by atoms with Gasteiger partial charge in [-0.1, -0.05) is 18.0 Å². The van der Waals surface area contributed by atoms with Gasteiger partial charge in [0, 0.05) is 6.04 Å². The number of halogens is 5. The summed E-state index contributed by atoms with van der Waals surface area (Å²) in [6.45, 7) is -0.390. The normalized spacial score (nSPS) is 21.8. The Kier molecular flexibility index (Phi) is 5.73. The standard InChI is InChI=1S/C15H16ClF4NO2/c16-12-7-10(17)4-5-13(12)23-8-14(22)21-11-3-1-2-9(6-11)15(18,19)20/h4-5,7,9,11H,1-3,6,8H2,(H,21,22)/t9-,11-/m1/s1. The zero-order chi connectivity index (χ0) is 17.0. The van der Waals surface area contributed by atoms with E-state index in [1.165, 1.54) is 6.07 Å². The fourth-order valence-corrected chi connectivity index (χ4v) is 2.84. The maximum atomic E-state index is 12.9. The lowest BCUT2D eigenvalue weighted by Crippen LogP contribution is -2.43. The minimum atomic E-state index is -4.23. The van der Waals surface area contributed by atoms with Crippen molar-refractivity contribution in [2.24, 2.45) is 5.92 Å². The predicted octanol–water partition coefficient (Wildman–Crippen LogP) is 4.10. The summed E-state index contributed by atoms with van der Waals surface area (Å²) in [5.74, 6) is -2.31. The molecule has 1 aliphatic rings. The number of carbonyl (C=O) groups is 1. The zero-order valence-electron chi connectivity index (χ0n) is 12.1. The molecule has 1 N–H and O–H groups in total. The fraction of sp³-hybridized carbons (Fsp3) is 0.533. The third kappa shape index (κ3) is 5.27. The molecule has 1 aromatic carbocycles. The largest absolute Gasteiger partial charge is 0.482 e. The van der Waals surface area contributed by atoms with Crippen LogP contribution in [0.5, 0.6) is 5.75 Å². The maximum absolute atomic E-state index is 12.9. The van der Waals surface area contributed by atoms with Crippen molar-refractivity contribution < 1.29 is 27.1 Å². The van der Waals surface area contributed by atoms with Gasteiger partial charge in [-0.05, 0) is 37.5 Å². The Hall–Kier alpha value is -1.50. The van der Waals surface area contributed by atoms with Gasteiger partial charge in [-0.25, -0.2) is 4.39 Å². The first-order valence-corrected chi connectivity index (χ1v) is 7.57. The van der Waals surface area contributed by atoms with Gasteiger partial charge in [-0.2, -0.15) is 13.2 Å². The van der Waals surface area contributed by atoms with Gasteiger partial charge in [0.25, 0.3) is 5.91 Å². The predicted molar refractivity (Wildman–Crippen MR) is 76.8 cm³/mol. The van der Waals surface area contributed by atoms with Gasteiger partial charge in [-0.3, -0.25) is 4.79 Å². The van der Waals surface area contributed by atoms with Crippen molar-refractivity contribution >= 4 is 17.5 Å². The van der Waals surface area contributed by atoms with E-state index in [9.17, 15) is 22.4 Å². The van der Waals surface area contributed by atoms with Crippen molar-refractivity contribution in [2.75, 3.05) is 6.61 Å². The van der Waals surface area contributed by atoms with Crippen LogP contribution in [-0.4, -0.2) is 24.7 Å². The molecule has 3 nitrogen and oxygen atoms in total. The van der Waals surface area contributed by atoms with Crippen LogP contribution in [-0.2, 0) is 4.79 Å². The number of nitrogens with one attached hydrogen (secondary N) is 1. The summed E-state index contributed by atoms with van der Waals surface area (Å²) in [6.07, 6.45) is -3.33. The molecule has 2 atom stereocenters. The van der Waals surface area contributed by atoms with Crippen LogP contribution in [0.1, 0.15) is 25.7 Å². The molecule has 1 saturated carbocycles. The average Bonchev–Trinajstić information content (AvgIpc) is 2.45. The quantitative estimate of drug-likeness (QED) is 0.828. The van der Waals surface area contributed by atoms with E-state index < -0.39 is 36.5 Å². The second kappa shape index (κ2) is 7.38. The molecule has 0 unspecified atom stereocenters. The SMILES string of the molecule is O=C(COc1ccc(F)cc1Cl)N[C@@H]1CCC[C@@H](C(F)(F)F)C1. The molecule has 2 rings (SSSR count). The molecule has 1 fully saturated rings. The molecule has 128 valence electrons. The highest BCUT2D eigenvalue weighted by molar-refractivity contribution is 6.32. The topological polar surface area (TPSA) is 38.3 Å². The lowest BCUT2D eigenvalue weighted by atomic mass is 9.85. The molecule has 0 bridgehead atoms.